The molecule has 0 radical (unpaired) electrons. The zero-order valence-corrected chi connectivity index (χ0v) is 14.7. The molecule has 0 saturated carbocycles. The summed E-state index contributed by atoms with van der Waals surface area (Å²) < 4.78 is 0. The van der Waals surface area contributed by atoms with Gasteiger partial charge in [-0.2, -0.15) is 0 Å². The Morgan fingerprint density at radius 2 is 1.88 bits per heavy atom. The van der Waals surface area contributed by atoms with Crippen molar-refractivity contribution in [1.82, 2.24) is 20.2 Å². The molecule has 128 valence electrons. The second-order valence-electron chi connectivity index (χ2n) is 5.87. The van der Waals surface area contributed by atoms with Crippen molar-refractivity contribution in [3.05, 3.63) is 53.3 Å². The van der Waals surface area contributed by atoms with Crippen molar-refractivity contribution >= 4 is 11.9 Å². The minimum atomic E-state index is -0.168. The second-order valence-corrected chi connectivity index (χ2v) is 5.87. The quantitative estimate of drug-likeness (QED) is 0.816. The number of nitrogens with one attached hydrogen (secondary N) is 2. The van der Waals surface area contributed by atoms with Gasteiger partial charge in [0.2, 0.25) is 5.95 Å². The number of aromatic nitrogens is 2. The normalized spacial score (nSPS) is 12.0. The molecule has 2 aromatic rings. The maximum absolute atomic E-state index is 12.3. The molecule has 6 heteroatoms. The summed E-state index contributed by atoms with van der Waals surface area (Å²) in [5.74, 6) is 0.360. The summed E-state index contributed by atoms with van der Waals surface area (Å²) in [6.07, 6.45) is 3.08. The summed E-state index contributed by atoms with van der Waals surface area (Å²) in [5, 5.41) is 5.98. The minimum absolute atomic E-state index is 0.108. The highest BCUT2D eigenvalue weighted by Gasteiger charge is 2.17. The average molecular weight is 327 g/mol. The fraction of sp³-hybridized carbons (Fsp3) is 0.389. The van der Waals surface area contributed by atoms with Gasteiger partial charge in [-0.1, -0.05) is 24.3 Å². The van der Waals surface area contributed by atoms with Crippen LogP contribution in [0, 0.1) is 6.92 Å². The fourth-order valence-electron chi connectivity index (χ4n) is 2.52. The summed E-state index contributed by atoms with van der Waals surface area (Å²) in [4.78, 5) is 22.7. The van der Waals surface area contributed by atoms with E-state index in [-0.39, 0.29) is 11.9 Å². The van der Waals surface area contributed by atoms with E-state index in [1.54, 1.807) is 12.4 Å². The number of carbonyl (C=O) groups is 1. The lowest BCUT2D eigenvalue weighted by Crippen LogP contribution is -2.35. The number of nitrogens with zero attached hydrogens (tertiary/aromatic N) is 3. The number of amides is 1. The Bertz CT molecular complexity index is 669. The summed E-state index contributed by atoms with van der Waals surface area (Å²) >= 11 is 0. The van der Waals surface area contributed by atoms with Gasteiger partial charge in [-0.25, -0.2) is 9.97 Å². The molecular formula is C18H25N5O. The van der Waals surface area contributed by atoms with Gasteiger partial charge in [-0.15, -0.1) is 0 Å². The van der Waals surface area contributed by atoms with Gasteiger partial charge in [0.25, 0.3) is 5.91 Å². The lowest BCUT2D eigenvalue weighted by Gasteiger charge is -2.26. The summed E-state index contributed by atoms with van der Waals surface area (Å²) in [6, 6.07) is 8.33. The monoisotopic (exact) mass is 327 g/mol. The second kappa shape index (κ2) is 8.40. The van der Waals surface area contributed by atoms with E-state index in [1.165, 1.54) is 11.1 Å². The molecule has 0 unspecified atom stereocenters. The molecule has 2 N–H and O–H groups in total. The highest BCUT2D eigenvalue weighted by molar-refractivity contribution is 5.93. The van der Waals surface area contributed by atoms with Crippen LogP contribution in [0.15, 0.2) is 36.7 Å². The fourth-order valence-corrected chi connectivity index (χ4v) is 2.52. The zero-order valence-electron chi connectivity index (χ0n) is 14.7. The number of hydrogen-bond donors (Lipinski definition) is 2. The number of carbonyl (C=O) groups excluding carboxylic acids is 1. The molecule has 1 aromatic heterocycles. The molecule has 1 aromatic carbocycles. The van der Waals surface area contributed by atoms with Crippen LogP contribution in [0.2, 0.25) is 0 Å². The van der Waals surface area contributed by atoms with Gasteiger partial charge in [0, 0.05) is 25.5 Å². The van der Waals surface area contributed by atoms with Gasteiger partial charge < -0.3 is 15.5 Å². The first kappa shape index (κ1) is 17.9. The Hall–Kier alpha value is -2.47. The van der Waals surface area contributed by atoms with E-state index < -0.39 is 0 Å². The van der Waals surface area contributed by atoms with Crippen LogP contribution in [0.25, 0.3) is 0 Å². The molecule has 1 heterocycles. The third-order valence-electron chi connectivity index (χ3n) is 3.88. The van der Waals surface area contributed by atoms with Crippen LogP contribution in [0.5, 0.6) is 0 Å². The van der Waals surface area contributed by atoms with Gasteiger partial charge in [0.05, 0.1) is 11.6 Å². The van der Waals surface area contributed by atoms with E-state index in [2.05, 4.69) is 44.6 Å². The van der Waals surface area contributed by atoms with E-state index in [1.807, 2.05) is 33.2 Å². The van der Waals surface area contributed by atoms with Crippen molar-refractivity contribution < 1.29 is 4.79 Å². The first-order valence-corrected chi connectivity index (χ1v) is 8.09. The lowest BCUT2D eigenvalue weighted by molar-refractivity contribution is 0.0941. The van der Waals surface area contributed by atoms with E-state index in [4.69, 9.17) is 0 Å². The van der Waals surface area contributed by atoms with Crippen LogP contribution in [0.4, 0.5) is 5.95 Å². The number of rotatable bonds is 7. The SMILES string of the molecule is CCNc1ncc(C(=O)NC[C@H](c2ccccc2C)N(C)C)cn1. The van der Waals surface area contributed by atoms with Crippen LogP contribution in [0.1, 0.15) is 34.5 Å². The molecule has 0 spiro atoms. The van der Waals surface area contributed by atoms with E-state index >= 15 is 0 Å². The van der Waals surface area contributed by atoms with E-state index in [0.717, 1.165) is 6.54 Å². The molecule has 2 rings (SSSR count). The molecule has 1 amide bonds. The lowest BCUT2D eigenvalue weighted by atomic mass is 10.0. The maximum Gasteiger partial charge on any atom is 0.254 e. The number of aryl methyl sites for hydroxylation is 1. The van der Waals surface area contributed by atoms with Gasteiger partial charge >= 0.3 is 0 Å². The van der Waals surface area contributed by atoms with E-state index in [0.29, 0.717) is 18.1 Å². The number of likely N-dealkylation sites (N-methyl/N-ethyl adjacent to an activating group) is 1. The van der Waals surface area contributed by atoms with Crippen molar-refractivity contribution in [1.29, 1.82) is 0 Å². The molecule has 0 saturated heterocycles. The van der Waals surface area contributed by atoms with Crippen LogP contribution in [-0.4, -0.2) is 48.0 Å². The topological polar surface area (TPSA) is 70.2 Å². The molecule has 0 aliphatic carbocycles. The largest absolute Gasteiger partial charge is 0.355 e. The van der Waals surface area contributed by atoms with Crippen molar-refractivity contribution in [3.8, 4) is 0 Å². The third-order valence-corrected chi connectivity index (χ3v) is 3.88. The number of anilines is 1. The number of benzene rings is 1. The van der Waals surface area contributed by atoms with Crippen molar-refractivity contribution in [3.63, 3.8) is 0 Å². The van der Waals surface area contributed by atoms with Crippen LogP contribution >= 0.6 is 0 Å². The first-order valence-electron chi connectivity index (χ1n) is 8.09. The Morgan fingerprint density at radius 3 is 2.46 bits per heavy atom. The van der Waals surface area contributed by atoms with Gasteiger partial charge in [-0.3, -0.25) is 4.79 Å². The summed E-state index contributed by atoms with van der Waals surface area (Å²) in [5.41, 5.74) is 2.88. The predicted molar refractivity (Wildman–Crippen MR) is 96.1 cm³/mol. The first-order chi connectivity index (χ1) is 11.5. The molecule has 6 nitrogen and oxygen atoms in total. The van der Waals surface area contributed by atoms with Crippen molar-refractivity contribution in [2.24, 2.45) is 0 Å². The molecule has 0 bridgehead atoms. The zero-order chi connectivity index (χ0) is 17.5. The molecule has 1 atom stereocenters. The summed E-state index contributed by atoms with van der Waals surface area (Å²) in [6.45, 7) is 5.32. The smallest absolute Gasteiger partial charge is 0.254 e. The van der Waals surface area contributed by atoms with Gasteiger partial charge in [-0.05, 0) is 39.1 Å². The van der Waals surface area contributed by atoms with Crippen LogP contribution < -0.4 is 10.6 Å². The molecule has 24 heavy (non-hydrogen) atoms. The van der Waals surface area contributed by atoms with Crippen molar-refractivity contribution in [2.75, 3.05) is 32.5 Å². The molecular weight excluding hydrogens is 302 g/mol. The average Bonchev–Trinajstić information content (AvgIpc) is 2.57. The van der Waals surface area contributed by atoms with Crippen LogP contribution in [-0.2, 0) is 0 Å². The van der Waals surface area contributed by atoms with Gasteiger partial charge in [0.1, 0.15) is 0 Å². The molecule has 0 aliphatic rings. The van der Waals surface area contributed by atoms with Crippen molar-refractivity contribution in [2.45, 2.75) is 19.9 Å². The van der Waals surface area contributed by atoms with Gasteiger partial charge in [0.15, 0.2) is 0 Å². The third kappa shape index (κ3) is 4.52. The molecule has 0 fully saturated rings. The summed E-state index contributed by atoms with van der Waals surface area (Å²) in [7, 11) is 4.02. The standard InChI is InChI=1S/C18H25N5O/c1-5-19-18-21-10-14(11-22-18)17(24)20-12-16(23(3)4)15-9-7-6-8-13(15)2/h6-11,16H,5,12H2,1-4H3,(H,20,24)(H,19,21,22)/t16-/m1/s1. The minimum Gasteiger partial charge on any atom is -0.355 e. The Balaban J connectivity index is 2.04. The number of hydrogen-bond acceptors (Lipinski definition) is 5. The molecule has 0 aliphatic heterocycles. The van der Waals surface area contributed by atoms with Crippen LogP contribution in [0.3, 0.4) is 0 Å². The highest BCUT2D eigenvalue weighted by atomic mass is 16.1. The van der Waals surface area contributed by atoms with E-state index in [9.17, 15) is 4.79 Å². The maximum atomic E-state index is 12.3. The Kier molecular flexibility index (Phi) is 6.26. The Morgan fingerprint density at radius 1 is 1.21 bits per heavy atom. The highest BCUT2D eigenvalue weighted by Crippen LogP contribution is 2.21. The Labute approximate surface area is 143 Å². The predicted octanol–water partition coefficient (Wildman–Crippen LogP) is 2.25.